The zero-order valence-electron chi connectivity index (χ0n) is 16.1. The summed E-state index contributed by atoms with van der Waals surface area (Å²) in [4.78, 5) is 28.6. The lowest BCUT2D eigenvalue weighted by atomic mass is 10.2. The van der Waals surface area contributed by atoms with Crippen molar-refractivity contribution in [2.24, 2.45) is 0 Å². The number of nitrogens with one attached hydrogen (secondary N) is 2. The fourth-order valence-corrected chi connectivity index (χ4v) is 2.91. The second-order valence-corrected chi connectivity index (χ2v) is 6.47. The van der Waals surface area contributed by atoms with Gasteiger partial charge in [-0.1, -0.05) is 12.1 Å². The van der Waals surface area contributed by atoms with E-state index in [2.05, 4.69) is 20.7 Å². The lowest BCUT2D eigenvalue weighted by Crippen LogP contribution is -2.21. The molecule has 0 aliphatic rings. The molecule has 4 aromatic rings. The van der Waals surface area contributed by atoms with Crippen LogP contribution in [0.5, 0.6) is 0 Å². The average molecular weight is 441 g/mol. The minimum atomic E-state index is -4.86. The molecule has 2 N–H and O–H groups in total. The summed E-state index contributed by atoms with van der Waals surface area (Å²) in [5.74, 6) is -1.54. The van der Waals surface area contributed by atoms with Gasteiger partial charge in [-0.25, -0.2) is 9.67 Å². The van der Waals surface area contributed by atoms with E-state index in [1.165, 1.54) is 48.9 Å². The number of nitrogens with zero attached hydrogens (tertiary/aromatic N) is 3. The van der Waals surface area contributed by atoms with E-state index < -0.39 is 29.2 Å². The molecular weight excluding hydrogens is 427 g/mol. The van der Waals surface area contributed by atoms with Gasteiger partial charge < -0.3 is 15.1 Å². The maximum absolute atomic E-state index is 13.7. The molecule has 1 aromatic carbocycles. The number of anilines is 2. The zero-order valence-corrected chi connectivity index (χ0v) is 16.1. The molecule has 3 heterocycles. The van der Waals surface area contributed by atoms with Gasteiger partial charge >= 0.3 is 6.18 Å². The predicted molar refractivity (Wildman–Crippen MR) is 107 cm³/mol. The quantitative estimate of drug-likeness (QED) is 0.479. The molecule has 0 spiro atoms. The summed E-state index contributed by atoms with van der Waals surface area (Å²) in [6.07, 6.45) is -1.37. The van der Waals surface area contributed by atoms with E-state index >= 15 is 0 Å². The van der Waals surface area contributed by atoms with Gasteiger partial charge in [0, 0.05) is 17.6 Å². The van der Waals surface area contributed by atoms with Gasteiger partial charge in [-0.05, 0) is 42.5 Å². The molecule has 4 rings (SSSR count). The Morgan fingerprint density at radius 3 is 2.31 bits per heavy atom. The van der Waals surface area contributed by atoms with E-state index in [1.54, 1.807) is 18.2 Å². The zero-order chi connectivity index (χ0) is 22.7. The number of alkyl halides is 3. The van der Waals surface area contributed by atoms with Crippen molar-refractivity contribution in [3.05, 3.63) is 90.3 Å². The van der Waals surface area contributed by atoms with E-state index in [0.29, 0.717) is 10.4 Å². The van der Waals surface area contributed by atoms with Crippen molar-refractivity contribution in [3.63, 3.8) is 0 Å². The highest BCUT2D eigenvalue weighted by Gasteiger charge is 2.40. The first-order valence-electron chi connectivity index (χ1n) is 9.16. The molecule has 0 fully saturated rings. The van der Waals surface area contributed by atoms with Crippen LogP contribution in [0.2, 0.25) is 0 Å². The topological polar surface area (TPSA) is 102 Å². The van der Waals surface area contributed by atoms with Crippen LogP contribution in [0, 0.1) is 0 Å². The third-order valence-corrected chi connectivity index (χ3v) is 4.27. The Morgan fingerprint density at radius 2 is 1.69 bits per heavy atom. The van der Waals surface area contributed by atoms with Crippen molar-refractivity contribution in [2.75, 3.05) is 10.6 Å². The number of carbonyl (C=O) groups excluding carboxylic acids is 2. The lowest BCUT2D eigenvalue weighted by molar-refractivity contribution is -0.143. The first kappa shape index (κ1) is 20.8. The van der Waals surface area contributed by atoms with Crippen molar-refractivity contribution in [3.8, 4) is 5.82 Å². The highest BCUT2D eigenvalue weighted by Crippen LogP contribution is 2.33. The van der Waals surface area contributed by atoms with Gasteiger partial charge in [0.25, 0.3) is 11.8 Å². The second kappa shape index (κ2) is 8.38. The number of hydrogen-bond donors (Lipinski definition) is 2. The molecule has 32 heavy (non-hydrogen) atoms. The molecule has 11 heteroatoms. The van der Waals surface area contributed by atoms with E-state index in [0.717, 1.165) is 6.20 Å². The first-order chi connectivity index (χ1) is 15.3. The Kier molecular flexibility index (Phi) is 5.46. The summed E-state index contributed by atoms with van der Waals surface area (Å²) < 4.78 is 46.8. The van der Waals surface area contributed by atoms with E-state index in [9.17, 15) is 22.8 Å². The number of amides is 2. The summed E-state index contributed by atoms with van der Waals surface area (Å²) in [5.41, 5.74) is -1.44. The highest BCUT2D eigenvalue weighted by atomic mass is 19.4. The lowest BCUT2D eigenvalue weighted by Gasteiger charge is -2.12. The molecule has 0 radical (unpaired) electrons. The maximum atomic E-state index is 13.7. The third-order valence-electron chi connectivity index (χ3n) is 4.27. The third kappa shape index (κ3) is 4.36. The predicted octanol–water partition coefficient (Wildman–Crippen LogP) is 4.38. The molecular formula is C21H14F3N5O3. The SMILES string of the molecule is O=C(Nc1cccc(NC(=O)c2cnn(-c3ccccn3)c2C(F)(F)F)c1)c1ccco1. The largest absolute Gasteiger partial charge is 0.459 e. The van der Waals surface area contributed by atoms with E-state index in [1.807, 2.05) is 0 Å². The normalized spacial score (nSPS) is 11.2. The van der Waals surface area contributed by atoms with Crippen LogP contribution in [-0.4, -0.2) is 26.6 Å². The fraction of sp³-hybridized carbons (Fsp3) is 0.0476. The molecule has 2 amide bonds. The Labute approximate surface area is 178 Å². The molecule has 3 aromatic heterocycles. The van der Waals surface area contributed by atoms with Gasteiger partial charge in [-0.2, -0.15) is 18.3 Å². The summed E-state index contributed by atoms with van der Waals surface area (Å²) in [7, 11) is 0. The first-order valence-corrected chi connectivity index (χ1v) is 9.16. The molecule has 0 unspecified atom stereocenters. The molecule has 8 nitrogen and oxygen atoms in total. The Morgan fingerprint density at radius 1 is 0.938 bits per heavy atom. The van der Waals surface area contributed by atoms with Gasteiger partial charge in [0.2, 0.25) is 0 Å². The maximum Gasteiger partial charge on any atom is 0.434 e. The van der Waals surface area contributed by atoms with Crippen molar-refractivity contribution >= 4 is 23.2 Å². The highest BCUT2D eigenvalue weighted by molar-refractivity contribution is 6.06. The second-order valence-electron chi connectivity index (χ2n) is 6.47. The minimum Gasteiger partial charge on any atom is -0.459 e. The van der Waals surface area contributed by atoms with Crippen LogP contribution in [0.25, 0.3) is 5.82 Å². The van der Waals surface area contributed by atoms with Gasteiger partial charge in [-0.3, -0.25) is 9.59 Å². The van der Waals surface area contributed by atoms with Crippen LogP contribution in [-0.2, 0) is 6.18 Å². The van der Waals surface area contributed by atoms with Crippen molar-refractivity contribution < 1.29 is 27.2 Å². The van der Waals surface area contributed by atoms with Crippen LogP contribution in [0.3, 0.4) is 0 Å². The van der Waals surface area contributed by atoms with Gasteiger partial charge in [-0.15, -0.1) is 0 Å². The van der Waals surface area contributed by atoms with Crippen LogP contribution in [0.15, 0.2) is 77.7 Å². The number of aromatic nitrogens is 3. The van der Waals surface area contributed by atoms with E-state index in [4.69, 9.17) is 4.42 Å². The molecule has 0 saturated heterocycles. The number of halogens is 3. The summed E-state index contributed by atoms with van der Waals surface area (Å²) in [6, 6.07) is 13.4. The molecule has 0 aliphatic heterocycles. The average Bonchev–Trinajstić information content (AvgIpc) is 3.45. The molecule has 0 saturated carbocycles. The van der Waals surface area contributed by atoms with Crippen LogP contribution < -0.4 is 10.6 Å². The number of hydrogen-bond acceptors (Lipinski definition) is 5. The van der Waals surface area contributed by atoms with Crippen LogP contribution in [0.4, 0.5) is 24.5 Å². The number of pyridine rings is 1. The summed E-state index contributed by atoms with van der Waals surface area (Å²) in [6.45, 7) is 0. The Balaban J connectivity index is 1.58. The summed E-state index contributed by atoms with van der Waals surface area (Å²) in [5, 5.41) is 8.67. The number of furan rings is 1. The van der Waals surface area contributed by atoms with Crippen molar-refractivity contribution in [1.29, 1.82) is 0 Å². The van der Waals surface area contributed by atoms with Gasteiger partial charge in [0.05, 0.1) is 18.0 Å². The van der Waals surface area contributed by atoms with Crippen molar-refractivity contribution in [2.45, 2.75) is 6.18 Å². The number of benzene rings is 1. The molecule has 0 atom stereocenters. The summed E-state index contributed by atoms with van der Waals surface area (Å²) >= 11 is 0. The molecule has 162 valence electrons. The van der Waals surface area contributed by atoms with Crippen LogP contribution >= 0.6 is 0 Å². The fourth-order valence-electron chi connectivity index (χ4n) is 2.91. The molecule has 0 aliphatic carbocycles. The monoisotopic (exact) mass is 441 g/mol. The number of carbonyl (C=O) groups is 2. The minimum absolute atomic E-state index is 0.0798. The van der Waals surface area contributed by atoms with Gasteiger partial charge in [0.1, 0.15) is 0 Å². The Bertz CT molecular complexity index is 1250. The number of rotatable bonds is 5. The standard InChI is InChI=1S/C21H14F3N5O3/c22-21(23,24)18-15(12-26-29(18)17-8-1-2-9-25-17)19(30)27-13-5-3-6-14(11-13)28-20(31)16-7-4-10-32-16/h1-12H,(H,27,30)(H,28,31). The van der Waals surface area contributed by atoms with Crippen LogP contribution in [0.1, 0.15) is 26.6 Å². The Hall–Kier alpha value is -4.41. The van der Waals surface area contributed by atoms with E-state index in [-0.39, 0.29) is 17.3 Å². The molecule has 0 bridgehead atoms. The van der Waals surface area contributed by atoms with Crippen molar-refractivity contribution in [1.82, 2.24) is 14.8 Å². The van der Waals surface area contributed by atoms with Gasteiger partial charge in [0.15, 0.2) is 17.3 Å². The smallest absolute Gasteiger partial charge is 0.434 e.